The minimum Gasteiger partial charge on any atom is -0.464 e. The summed E-state index contributed by atoms with van der Waals surface area (Å²) in [5.41, 5.74) is 0.154. The third kappa shape index (κ3) is 5.24. The van der Waals surface area contributed by atoms with Crippen LogP contribution in [-0.2, 0) is 9.47 Å². The van der Waals surface area contributed by atoms with E-state index >= 15 is 0 Å². The molecule has 0 saturated heterocycles. The standard InChI is InChI=1S/C16H18N4O5S/c1-16(2,3)25-15(23)18-12-8-26-7-11(12)17-13(21)9-5-6-10(20-19-9)14(22)24-4/h5-8H,1-4H3,(H,17,21)(H,18,23). The molecule has 2 heterocycles. The highest BCUT2D eigenvalue weighted by atomic mass is 32.1. The second-order valence-electron chi connectivity index (χ2n) is 6.08. The molecule has 0 saturated carbocycles. The summed E-state index contributed by atoms with van der Waals surface area (Å²) < 4.78 is 9.69. The van der Waals surface area contributed by atoms with E-state index in [0.717, 1.165) is 0 Å². The maximum atomic E-state index is 12.3. The first-order chi connectivity index (χ1) is 12.2. The largest absolute Gasteiger partial charge is 0.464 e. The van der Waals surface area contributed by atoms with Gasteiger partial charge < -0.3 is 14.8 Å². The number of esters is 1. The molecule has 0 aliphatic heterocycles. The molecule has 138 valence electrons. The number of amides is 2. The van der Waals surface area contributed by atoms with Gasteiger partial charge in [0.05, 0.1) is 18.5 Å². The van der Waals surface area contributed by atoms with Gasteiger partial charge in [0, 0.05) is 10.8 Å². The van der Waals surface area contributed by atoms with Gasteiger partial charge in [-0.3, -0.25) is 10.1 Å². The van der Waals surface area contributed by atoms with Crippen LogP contribution in [0.3, 0.4) is 0 Å². The van der Waals surface area contributed by atoms with Gasteiger partial charge in [0.15, 0.2) is 11.4 Å². The van der Waals surface area contributed by atoms with Crippen molar-refractivity contribution in [3.63, 3.8) is 0 Å². The van der Waals surface area contributed by atoms with Crippen molar-refractivity contribution < 1.29 is 23.9 Å². The maximum Gasteiger partial charge on any atom is 0.412 e. The summed E-state index contributed by atoms with van der Waals surface area (Å²) in [5.74, 6) is -1.19. The molecule has 0 aliphatic carbocycles. The summed E-state index contributed by atoms with van der Waals surface area (Å²) in [7, 11) is 1.22. The zero-order chi connectivity index (χ0) is 19.3. The molecular formula is C16H18N4O5S. The van der Waals surface area contributed by atoms with Crippen LogP contribution in [0, 0.1) is 0 Å². The monoisotopic (exact) mass is 378 g/mol. The van der Waals surface area contributed by atoms with Crippen LogP contribution in [0.25, 0.3) is 0 Å². The first-order valence-corrected chi connectivity index (χ1v) is 8.43. The average Bonchev–Trinajstić information content (AvgIpc) is 2.99. The molecule has 10 heteroatoms. The number of aromatic nitrogens is 2. The van der Waals surface area contributed by atoms with Crippen LogP contribution in [-0.4, -0.2) is 40.9 Å². The number of carbonyl (C=O) groups excluding carboxylic acids is 3. The van der Waals surface area contributed by atoms with Gasteiger partial charge in [-0.25, -0.2) is 9.59 Å². The summed E-state index contributed by atoms with van der Waals surface area (Å²) in [4.78, 5) is 35.4. The number of thiophene rings is 1. The van der Waals surface area contributed by atoms with E-state index in [4.69, 9.17) is 4.74 Å². The van der Waals surface area contributed by atoms with E-state index in [2.05, 4.69) is 25.6 Å². The van der Waals surface area contributed by atoms with Crippen LogP contribution in [0.4, 0.5) is 16.2 Å². The van der Waals surface area contributed by atoms with Gasteiger partial charge in [-0.05, 0) is 32.9 Å². The highest BCUT2D eigenvalue weighted by Gasteiger charge is 2.19. The summed E-state index contributed by atoms with van der Waals surface area (Å²) in [6.07, 6.45) is -0.631. The lowest BCUT2D eigenvalue weighted by Gasteiger charge is -2.19. The van der Waals surface area contributed by atoms with Crippen LogP contribution >= 0.6 is 11.3 Å². The number of carbonyl (C=O) groups is 3. The number of methoxy groups -OCH3 is 1. The van der Waals surface area contributed by atoms with Crippen molar-refractivity contribution in [3.05, 3.63) is 34.3 Å². The quantitative estimate of drug-likeness (QED) is 0.785. The molecule has 0 aliphatic rings. The lowest BCUT2D eigenvalue weighted by atomic mass is 10.2. The number of nitrogens with one attached hydrogen (secondary N) is 2. The van der Waals surface area contributed by atoms with E-state index in [1.54, 1.807) is 31.5 Å². The third-order valence-corrected chi connectivity index (χ3v) is 3.58. The van der Waals surface area contributed by atoms with Crippen molar-refractivity contribution in [1.82, 2.24) is 10.2 Å². The minimum absolute atomic E-state index is 0.00655. The smallest absolute Gasteiger partial charge is 0.412 e. The van der Waals surface area contributed by atoms with Crippen molar-refractivity contribution in [2.24, 2.45) is 0 Å². The minimum atomic E-state index is -0.647. The van der Waals surface area contributed by atoms with Crippen molar-refractivity contribution in [1.29, 1.82) is 0 Å². The van der Waals surface area contributed by atoms with Crippen LogP contribution in [0.2, 0.25) is 0 Å². The van der Waals surface area contributed by atoms with Gasteiger partial charge in [-0.1, -0.05) is 0 Å². The molecule has 2 aromatic rings. The molecule has 0 atom stereocenters. The molecule has 0 aromatic carbocycles. The Hall–Kier alpha value is -3.01. The molecule has 0 unspecified atom stereocenters. The van der Waals surface area contributed by atoms with Crippen molar-refractivity contribution in [2.75, 3.05) is 17.7 Å². The fourth-order valence-corrected chi connectivity index (χ4v) is 2.47. The predicted molar refractivity (Wildman–Crippen MR) is 95.5 cm³/mol. The van der Waals surface area contributed by atoms with Gasteiger partial charge >= 0.3 is 12.1 Å². The Bertz CT molecular complexity index is 811. The van der Waals surface area contributed by atoms with E-state index in [1.165, 1.54) is 30.6 Å². The Labute approximate surface area is 153 Å². The summed E-state index contributed by atoms with van der Waals surface area (Å²) in [6, 6.07) is 2.68. The molecule has 2 N–H and O–H groups in total. The fraction of sp³-hybridized carbons (Fsp3) is 0.312. The second-order valence-corrected chi connectivity index (χ2v) is 6.82. The third-order valence-electron chi connectivity index (χ3n) is 2.84. The van der Waals surface area contributed by atoms with E-state index in [0.29, 0.717) is 11.4 Å². The van der Waals surface area contributed by atoms with Gasteiger partial charge in [0.1, 0.15) is 5.60 Å². The highest BCUT2D eigenvalue weighted by Crippen LogP contribution is 2.27. The van der Waals surface area contributed by atoms with Crippen LogP contribution in [0.1, 0.15) is 41.7 Å². The second kappa shape index (κ2) is 7.91. The molecular weight excluding hydrogens is 360 g/mol. The Morgan fingerprint density at radius 2 is 1.58 bits per heavy atom. The first-order valence-electron chi connectivity index (χ1n) is 7.49. The molecule has 9 nitrogen and oxygen atoms in total. The highest BCUT2D eigenvalue weighted by molar-refractivity contribution is 7.09. The van der Waals surface area contributed by atoms with Crippen molar-refractivity contribution in [3.8, 4) is 0 Å². The Balaban J connectivity index is 2.05. The average molecular weight is 378 g/mol. The Kier molecular flexibility index (Phi) is 5.88. The molecule has 0 spiro atoms. The number of rotatable bonds is 4. The van der Waals surface area contributed by atoms with E-state index in [-0.39, 0.29) is 11.4 Å². The number of anilines is 2. The topological polar surface area (TPSA) is 120 Å². The fourth-order valence-electron chi connectivity index (χ4n) is 1.76. The van der Waals surface area contributed by atoms with Crippen LogP contribution < -0.4 is 10.6 Å². The summed E-state index contributed by atoms with van der Waals surface area (Å²) >= 11 is 1.29. The van der Waals surface area contributed by atoms with E-state index in [1.807, 2.05) is 0 Å². The molecule has 0 radical (unpaired) electrons. The van der Waals surface area contributed by atoms with Crippen LogP contribution in [0.5, 0.6) is 0 Å². The Morgan fingerprint density at radius 1 is 1.00 bits per heavy atom. The zero-order valence-electron chi connectivity index (χ0n) is 14.7. The SMILES string of the molecule is COC(=O)c1ccc(C(=O)Nc2cscc2NC(=O)OC(C)(C)C)nn1. The summed E-state index contributed by atoms with van der Waals surface area (Å²) in [6.45, 7) is 5.25. The molecule has 2 aromatic heterocycles. The van der Waals surface area contributed by atoms with Crippen LogP contribution in [0.15, 0.2) is 22.9 Å². The molecule has 2 amide bonds. The lowest BCUT2D eigenvalue weighted by molar-refractivity contribution is 0.0590. The van der Waals surface area contributed by atoms with Gasteiger partial charge in [0.25, 0.3) is 5.91 Å². The van der Waals surface area contributed by atoms with E-state index in [9.17, 15) is 14.4 Å². The number of nitrogens with zero attached hydrogens (tertiary/aromatic N) is 2. The summed E-state index contributed by atoms with van der Waals surface area (Å²) in [5, 5.41) is 15.8. The molecule has 26 heavy (non-hydrogen) atoms. The molecule has 2 rings (SSSR count). The number of hydrogen-bond donors (Lipinski definition) is 2. The van der Waals surface area contributed by atoms with Gasteiger partial charge in [-0.2, -0.15) is 0 Å². The van der Waals surface area contributed by atoms with Gasteiger partial charge in [-0.15, -0.1) is 21.5 Å². The molecule has 0 bridgehead atoms. The van der Waals surface area contributed by atoms with Gasteiger partial charge in [0.2, 0.25) is 0 Å². The lowest BCUT2D eigenvalue weighted by Crippen LogP contribution is -2.27. The zero-order valence-corrected chi connectivity index (χ0v) is 15.5. The first kappa shape index (κ1) is 19.3. The van der Waals surface area contributed by atoms with Crippen molar-refractivity contribution in [2.45, 2.75) is 26.4 Å². The van der Waals surface area contributed by atoms with E-state index < -0.39 is 23.6 Å². The Morgan fingerprint density at radius 3 is 2.12 bits per heavy atom. The number of ether oxygens (including phenoxy) is 2. The number of hydrogen-bond acceptors (Lipinski definition) is 8. The predicted octanol–water partition coefficient (Wildman–Crippen LogP) is 2.92. The van der Waals surface area contributed by atoms with Crippen molar-refractivity contribution >= 4 is 40.7 Å². The maximum absolute atomic E-state index is 12.3. The normalized spacial score (nSPS) is 10.8. The molecule has 0 fully saturated rings.